The first-order valence-electron chi connectivity index (χ1n) is 12.1. The van der Waals surface area contributed by atoms with Crippen molar-refractivity contribution in [3.05, 3.63) is 72.1 Å². The third kappa shape index (κ3) is 3.64. The lowest BCUT2D eigenvalue weighted by Gasteiger charge is -2.28. The third-order valence-corrected chi connectivity index (χ3v) is 7.01. The highest BCUT2D eigenvalue weighted by Crippen LogP contribution is 2.32. The van der Waals surface area contributed by atoms with E-state index in [1.165, 1.54) is 17.0 Å². The zero-order chi connectivity index (χ0) is 23.2. The number of pyridine rings is 1. The SMILES string of the molecule is c1cncc(CN2CCc3nc4c(N5CCOCC5)nc(-c5cccc6[nH]ncc56)cn4c3C2)c1. The third-order valence-electron chi connectivity index (χ3n) is 7.01. The summed E-state index contributed by atoms with van der Waals surface area (Å²) in [5.41, 5.74) is 7.58. The van der Waals surface area contributed by atoms with Crippen LogP contribution < -0.4 is 4.90 Å². The van der Waals surface area contributed by atoms with Gasteiger partial charge in [-0.3, -0.25) is 19.4 Å². The molecule has 9 nitrogen and oxygen atoms in total. The lowest BCUT2D eigenvalue weighted by Crippen LogP contribution is -2.37. The van der Waals surface area contributed by atoms with Crippen LogP contribution in [0.2, 0.25) is 0 Å². The normalized spacial score (nSPS) is 16.7. The molecule has 0 radical (unpaired) electrons. The lowest BCUT2D eigenvalue weighted by atomic mass is 10.1. The van der Waals surface area contributed by atoms with Crippen molar-refractivity contribution in [3.63, 3.8) is 0 Å². The Labute approximate surface area is 202 Å². The summed E-state index contributed by atoms with van der Waals surface area (Å²) in [4.78, 5) is 19.4. The Morgan fingerprint density at radius 1 is 1.00 bits per heavy atom. The first kappa shape index (κ1) is 20.5. The topological polar surface area (TPSA) is 87.5 Å². The maximum Gasteiger partial charge on any atom is 0.180 e. The van der Waals surface area contributed by atoms with Crippen LogP contribution in [0.5, 0.6) is 0 Å². The number of imidazole rings is 1. The van der Waals surface area contributed by atoms with Crippen LogP contribution in [0.4, 0.5) is 5.82 Å². The molecule has 35 heavy (non-hydrogen) atoms. The summed E-state index contributed by atoms with van der Waals surface area (Å²) in [6, 6.07) is 10.4. The second kappa shape index (κ2) is 8.44. The van der Waals surface area contributed by atoms with Crippen LogP contribution in [0.3, 0.4) is 0 Å². The van der Waals surface area contributed by atoms with E-state index in [4.69, 9.17) is 14.7 Å². The van der Waals surface area contributed by atoms with Crippen molar-refractivity contribution in [2.24, 2.45) is 0 Å². The molecule has 7 rings (SSSR count). The minimum atomic E-state index is 0.703. The van der Waals surface area contributed by atoms with Gasteiger partial charge >= 0.3 is 0 Å². The average Bonchev–Trinajstić information content (AvgIpc) is 3.54. The van der Waals surface area contributed by atoms with Crippen LogP contribution in [-0.4, -0.2) is 67.3 Å². The van der Waals surface area contributed by atoms with E-state index in [0.29, 0.717) is 13.2 Å². The number of anilines is 1. The highest BCUT2D eigenvalue weighted by Gasteiger charge is 2.26. The van der Waals surface area contributed by atoms with E-state index >= 15 is 0 Å². The maximum atomic E-state index is 5.63. The summed E-state index contributed by atoms with van der Waals surface area (Å²) >= 11 is 0. The number of benzene rings is 1. The van der Waals surface area contributed by atoms with E-state index in [-0.39, 0.29) is 0 Å². The molecule has 4 aromatic heterocycles. The molecule has 5 aromatic rings. The molecule has 0 saturated carbocycles. The van der Waals surface area contributed by atoms with E-state index in [0.717, 1.165) is 72.8 Å². The predicted molar refractivity (Wildman–Crippen MR) is 133 cm³/mol. The molecule has 1 N–H and O–H groups in total. The van der Waals surface area contributed by atoms with E-state index < -0.39 is 0 Å². The fraction of sp³-hybridized carbons (Fsp3) is 0.308. The highest BCUT2D eigenvalue weighted by atomic mass is 16.5. The molecule has 0 spiro atoms. The van der Waals surface area contributed by atoms with Gasteiger partial charge in [0.05, 0.1) is 42.0 Å². The second-order valence-electron chi connectivity index (χ2n) is 9.21. The van der Waals surface area contributed by atoms with Crippen LogP contribution in [0.1, 0.15) is 17.0 Å². The van der Waals surface area contributed by atoms with Crippen molar-refractivity contribution in [3.8, 4) is 11.3 Å². The van der Waals surface area contributed by atoms with Crippen molar-refractivity contribution in [1.82, 2.24) is 34.4 Å². The minimum Gasteiger partial charge on any atom is -0.378 e. The van der Waals surface area contributed by atoms with Crippen molar-refractivity contribution in [1.29, 1.82) is 0 Å². The standard InChI is InChI=1S/C26H26N8O/c1-4-19(20-14-28-31-21(20)5-1)23-16-34-24-17-32(15-18-3-2-7-27-13-18)8-6-22(24)29-26(34)25(30-23)33-9-11-35-12-10-33/h1-5,7,13-14,16H,6,8-12,15,17H2,(H,28,31). The number of morpholine rings is 1. The van der Waals surface area contributed by atoms with Gasteiger partial charge in [-0.2, -0.15) is 5.10 Å². The van der Waals surface area contributed by atoms with Gasteiger partial charge in [0.15, 0.2) is 11.5 Å². The van der Waals surface area contributed by atoms with Crippen LogP contribution in [0.15, 0.2) is 55.1 Å². The molecule has 0 atom stereocenters. The molecule has 0 bridgehead atoms. The summed E-state index contributed by atoms with van der Waals surface area (Å²) < 4.78 is 7.90. The Morgan fingerprint density at radius 2 is 1.94 bits per heavy atom. The molecule has 0 unspecified atom stereocenters. The molecule has 1 fully saturated rings. The van der Waals surface area contributed by atoms with Crippen LogP contribution in [-0.2, 0) is 24.2 Å². The van der Waals surface area contributed by atoms with Gasteiger partial charge in [-0.1, -0.05) is 18.2 Å². The number of hydrogen-bond donors (Lipinski definition) is 1. The lowest BCUT2D eigenvalue weighted by molar-refractivity contribution is 0.122. The molecule has 1 aromatic carbocycles. The second-order valence-corrected chi connectivity index (χ2v) is 9.21. The zero-order valence-electron chi connectivity index (χ0n) is 19.4. The molecule has 0 amide bonds. The fourth-order valence-electron chi connectivity index (χ4n) is 5.24. The van der Waals surface area contributed by atoms with E-state index in [9.17, 15) is 0 Å². The van der Waals surface area contributed by atoms with E-state index in [2.05, 4.69) is 53.8 Å². The van der Waals surface area contributed by atoms with E-state index in [1.807, 2.05) is 30.7 Å². The zero-order valence-corrected chi connectivity index (χ0v) is 19.4. The molecule has 9 heteroatoms. The van der Waals surface area contributed by atoms with Crippen molar-refractivity contribution in [2.45, 2.75) is 19.5 Å². The summed E-state index contributed by atoms with van der Waals surface area (Å²) in [6.45, 7) is 5.73. The summed E-state index contributed by atoms with van der Waals surface area (Å²) in [5, 5.41) is 8.41. The molecule has 0 aliphatic carbocycles. The van der Waals surface area contributed by atoms with Crippen LogP contribution >= 0.6 is 0 Å². The Morgan fingerprint density at radius 3 is 2.83 bits per heavy atom. The number of H-pyrrole nitrogens is 1. The number of rotatable bonds is 4. The van der Waals surface area contributed by atoms with Crippen LogP contribution in [0.25, 0.3) is 27.8 Å². The predicted octanol–water partition coefficient (Wildman–Crippen LogP) is 3.06. The number of fused-ring (bicyclic) bond motifs is 4. The van der Waals surface area contributed by atoms with Gasteiger partial charge < -0.3 is 9.64 Å². The maximum absolute atomic E-state index is 5.63. The van der Waals surface area contributed by atoms with Gasteiger partial charge in [-0.05, 0) is 17.7 Å². The van der Waals surface area contributed by atoms with Crippen molar-refractivity contribution in [2.75, 3.05) is 37.7 Å². The number of hydrogen-bond acceptors (Lipinski definition) is 7. The minimum absolute atomic E-state index is 0.703. The van der Waals surface area contributed by atoms with Crippen LogP contribution in [0, 0.1) is 0 Å². The number of aromatic amines is 1. The van der Waals surface area contributed by atoms with Gasteiger partial charge in [0.25, 0.3) is 0 Å². The highest BCUT2D eigenvalue weighted by molar-refractivity contribution is 5.93. The quantitative estimate of drug-likeness (QED) is 0.436. The molecule has 2 aliphatic heterocycles. The molecular weight excluding hydrogens is 440 g/mol. The van der Waals surface area contributed by atoms with Crippen molar-refractivity contribution >= 4 is 22.4 Å². The number of nitrogens with one attached hydrogen (secondary N) is 1. The molecule has 176 valence electrons. The van der Waals surface area contributed by atoms with Gasteiger partial charge in [-0.25, -0.2) is 9.97 Å². The fourth-order valence-corrected chi connectivity index (χ4v) is 5.24. The Balaban J connectivity index is 1.36. The first-order valence-corrected chi connectivity index (χ1v) is 12.1. The monoisotopic (exact) mass is 466 g/mol. The Hall–Kier alpha value is -3.82. The molecule has 6 heterocycles. The largest absolute Gasteiger partial charge is 0.378 e. The van der Waals surface area contributed by atoms with Crippen molar-refractivity contribution < 1.29 is 4.74 Å². The van der Waals surface area contributed by atoms with Gasteiger partial charge in [-0.15, -0.1) is 0 Å². The number of aromatic nitrogens is 6. The first-order chi connectivity index (χ1) is 17.3. The van der Waals surface area contributed by atoms with E-state index in [1.54, 1.807) is 0 Å². The molecule has 1 saturated heterocycles. The van der Waals surface area contributed by atoms with Gasteiger partial charge in [0.2, 0.25) is 0 Å². The number of ether oxygens (including phenoxy) is 1. The summed E-state index contributed by atoms with van der Waals surface area (Å²) in [5.74, 6) is 0.930. The Bertz CT molecular complexity index is 1500. The number of nitrogens with zero attached hydrogens (tertiary/aromatic N) is 7. The summed E-state index contributed by atoms with van der Waals surface area (Å²) in [7, 11) is 0. The summed E-state index contributed by atoms with van der Waals surface area (Å²) in [6.07, 6.45) is 8.73. The Kier molecular flexibility index (Phi) is 4.95. The molecule has 2 aliphatic rings. The van der Waals surface area contributed by atoms with Gasteiger partial charge in [0.1, 0.15) is 0 Å². The molecular formula is C26H26N8O. The van der Waals surface area contributed by atoms with Gasteiger partial charge in [0, 0.05) is 68.7 Å². The smallest absolute Gasteiger partial charge is 0.180 e. The average molecular weight is 467 g/mol.